The second kappa shape index (κ2) is 11.7. The third-order valence-corrected chi connectivity index (χ3v) is 5.90. The number of carbonyl (C=O) groups excluding carboxylic acids is 3. The summed E-state index contributed by atoms with van der Waals surface area (Å²) in [6.45, 7) is 5.56. The van der Waals surface area contributed by atoms with Crippen LogP contribution in [0.2, 0.25) is 0 Å². The number of hydrogen-bond donors (Lipinski definition) is 1. The smallest absolute Gasteiger partial charge is 0.434 e. The van der Waals surface area contributed by atoms with Gasteiger partial charge in [-0.25, -0.2) is 4.79 Å². The third kappa shape index (κ3) is 7.24. The fourth-order valence-corrected chi connectivity index (χ4v) is 3.97. The standard InChI is InChI=1S/C23H32N2O6/c1-2-30-23(28)31-20-5-3-19(4-6-20)22(27)24-16-18-7-11-25(12-8-18)21(26)15-17-9-13-29-14-10-17/h3-6,17-18H,2,7-16H2,1H3,(H,24,27). The lowest BCUT2D eigenvalue weighted by Gasteiger charge is -2.33. The van der Waals surface area contributed by atoms with Crippen molar-refractivity contribution >= 4 is 18.0 Å². The Bertz CT molecular complexity index is 737. The van der Waals surface area contributed by atoms with Gasteiger partial charge >= 0.3 is 6.16 Å². The molecule has 1 aromatic rings. The summed E-state index contributed by atoms with van der Waals surface area (Å²) in [5.74, 6) is 1.22. The SMILES string of the molecule is CCOC(=O)Oc1ccc(C(=O)NCC2CCN(C(=O)CC3CCOCC3)CC2)cc1. The summed E-state index contributed by atoms with van der Waals surface area (Å²) in [5.41, 5.74) is 0.500. The first-order chi connectivity index (χ1) is 15.0. The van der Waals surface area contributed by atoms with Gasteiger partial charge in [-0.05, 0) is 68.7 Å². The summed E-state index contributed by atoms with van der Waals surface area (Å²) in [7, 11) is 0. The van der Waals surface area contributed by atoms with Gasteiger partial charge in [0.25, 0.3) is 5.91 Å². The van der Waals surface area contributed by atoms with Gasteiger partial charge in [-0.1, -0.05) is 0 Å². The van der Waals surface area contributed by atoms with Crippen molar-refractivity contribution in [3.8, 4) is 5.75 Å². The fourth-order valence-electron chi connectivity index (χ4n) is 3.97. The van der Waals surface area contributed by atoms with Crippen molar-refractivity contribution in [3.05, 3.63) is 29.8 Å². The molecule has 2 aliphatic rings. The summed E-state index contributed by atoms with van der Waals surface area (Å²) in [6.07, 6.45) is 3.60. The second-order valence-corrected chi connectivity index (χ2v) is 8.10. The quantitative estimate of drug-likeness (QED) is 0.526. The second-order valence-electron chi connectivity index (χ2n) is 8.10. The van der Waals surface area contributed by atoms with E-state index in [-0.39, 0.29) is 18.4 Å². The molecule has 8 nitrogen and oxygen atoms in total. The number of likely N-dealkylation sites (tertiary alicyclic amines) is 1. The maximum Gasteiger partial charge on any atom is 0.513 e. The molecule has 1 N–H and O–H groups in total. The highest BCUT2D eigenvalue weighted by molar-refractivity contribution is 5.94. The van der Waals surface area contributed by atoms with Crippen LogP contribution in [-0.2, 0) is 14.3 Å². The van der Waals surface area contributed by atoms with Crippen molar-refractivity contribution in [2.24, 2.45) is 11.8 Å². The molecule has 0 bridgehead atoms. The highest BCUT2D eigenvalue weighted by Crippen LogP contribution is 2.22. The Balaban J connectivity index is 1.36. The Kier molecular flexibility index (Phi) is 8.70. The maximum absolute atomic E-state index is 12.5. The van der Waals surface area contributed by atoms with E-state index in [0.29, 0.717) is 36.1 Å². The molecule has 0 saturated carbocycles. The number of rotatable bonds is 7. The number of carbonyl (C=O) groups is 3. The first-order valence-corrected chi connectivity index (χ1v) is 11.1. The number of ether oxygens (including phenoxy) is 3. The summed E-state index contributed by atoms with van der Waals surface area (Å²) in [4.78, 5) is 38.2. The molecule has 0 aliphatic carbocycles. The van der Waals surface area contributed by atoms with Crippen LogP contribution >= 0.6 is 0 Å². The molecule has 0 unspecified atom stereocenters. The summed E-state index contributed by atoms with van der Waals surface area (Å²) in [5, 5.41) is 2.97. The van der Waals surface area contributed by atoms with E-state index in [1.165, 1.54) is 0 Å². The van der Waals surface area contributed by atoms with Gasteiger partial charge in [-0.3, -0.25) is 9.59 Å². The number of piperidine rings is 1. The maximum atomic E-state index is 12.5. The van der Waals surface area contributed by atoms with Gasteiger partial charge in [-0.15, -0.1) is 0 Å². The first-order valence-electron chi connectivity index (χ1n) is 11.1. The first kappa shape index (κ1) is 23.1. The molecule has 2 aliphatic heterocycles. The van der Waals surface area contributed by atoms with Crippen molar-refractivity contribution in [2.75, 3.05) is 39.5 Å². The van der Waals surface area contributed by atoms with Crippen molar-refractivity contribution in [1.29, 1.82) is 0 Å². The minimum absolute atomic E-state index is 0.166. The van der Waals surface area contributed by atoms with Gasteiger partial charge in [0.05, 0.1) is 6.61 Å². The van der Waals surface area contributed by atoms with Gasteiger partial charge in [0.1, 0.15) is 5.75 Å². The molecule has 0 aromatic heterocycles. The van der Waals surface area contributed by atoms with E-state index in [1.54, 1.807) is 31.2 Å². The Morgan fingerprint density at radius 3 is 2.35 bits per heavy atom. The summed E-state index contributed by atoms with van der Waals surface area (Å²) < 4.78 is 15.1. The highest BCUT2D eigenvalue weighted by atomic mass is 16.7. The van der Waals surface area contributed by atoms with Gasteiger partial charge in [0.2, 0.25) is 5.91 Å². The fraction of sp³-hybridized carbons (Fsp3) is 0.609. The van der Waals surface area contributed by atoms with E-state index in [2.05, 4.69) is 5.32 Å². The van der Waals surface area contributed by atoms with E-state index >= 15 is 0 Å². The molecule has 170 valence electrons. The van der Waals surface area contributed by atoms with E-state index in [4.69, 9.17) is 14.2 Å². The molecule has 3 rings (SSSR count). The average Bonchev–Trinajstić information content (AvgIpc) is 2.79. The van der Waals surface area contributed by atoms with Crippen molar-refractivity contribution in [1.82, 2.24) is 10.2 Å². The van der Waals surface area contributed by atoms with Crippen LogP contribution in [0.5, 0.6) is 5.75 Å². The van der Waals surface area contributed by atoms with Gasteiger partial charge < -0.3 is 24.4 Å². The van der Waals surface area contributed by atoms with Crippen LogP contribution in [0, 0.1) is 11.8 Å². The predicted octanol–water partition coefficient (Wildman–Crippen LogP) is 3.01. The largest absolute Gasteiger partial charge is 0.513 e. The summed E-state index contributed by atoms with van der Waals surface area (Å²) >= 11 is 0. The van der Waals surface area contributed by atoms with Crippen molar-refractivity contribution in [2.45, 2.75) is 39.0 Å². The lowest BCUT2D eigenvalue weighted by Crippen LogP contribution is -2.42. The van der Waals surface area contributed by atoms with Gasteiger partial charge in [-0.2, -0.15) is 0 Å². The van der Waals surface area contributed by atoms with Gasteiger partial charge in [0.15, 0.2) is 0 Å². The molecule has 2 amide bonds. The number of benzene rings is 1. The molecule has 2 fully saturated rings. The molecule has 8 heteroatoms. The molecular formula is C23H32N2O6. The zero-order valence-corrected chi connectivity index (χ0v) is 18.1. The van der Waals surface area contributed by atoms with Crippen LogP contribution in [-0.4, -0.2) is 62.3 Å². The monoisotopic (exact) mass is 432 g/mol. The Morgan fingerprint density at radius 2 is 1.71 bits per heavy atom. The van der Waals surface area contributed by atoms with Crippen LogP contribution in [0.15, 0.2) is 24.3 Å². The Morgan fingerprint density at radius 1 is 1.03 bits per heavy atom. The van der Waals surface area contributed by atoms with Gasteiger partial charge in [0, 0.05) is 44.8 Å². The zero-order chi connectivity index (χ0) is 22.1. The van der Waals surface area contributed by atoms with Crippen LogP contribution in [0.3, 0.4) is 0 Å². The molecule has 0 atom stereocenters. The number of hydrogen-bond acceptors (Lipinski definition) is 6. The highest BCUT2D eigenvalue weighted by Gasteiger charge is 2.26. The van der Waals surface area contributed by atoms with E-state index < -0.39 is 6.16 Å². The van der Waals surface area contributed by atoms with Crippen LogP contribution in [0.25, 0.3) is 0 Å². The number of amides is 2. The molecule has 2 saturated heterocycles. The Labute approximate surface area is 183 Å². The topological polar surface area (TPSA) is 94.2 Å². The average molecular weight is 433 g/mol. The molecule has 2 heterocycles. The van der Waals surface area contributed by atoms with E-state index in [9.17, 15) is 14.4 Å². The Hall–Kier alpha value is -2.61. The van der Waals surface area contributed by atoms with Crippen LogP contribution < -0.4 is 10.1 Å². The van der Waals surface area contributed by atoms with Crippen molar-refractivity contribution < 1.29 is 28.6 Å². The number of nitrogens with zero attached hydrogens (tertiary/aromatic N) is 1. The zero-order valence-electron chi connectivity index (χ0n) is 18.1. The normalized spacial score (nSPS) is 17.8. The van der Waals surface area contributed by atoms with Crippen LogP contribution in [0.4, 0.5) is 4.79 Å². The minimum atomic E-state index is -0.766. The molecule has 0 radical (unpaired) electrons. The number of nitrogens with one attached hydrogen (secondary N) is 1. The van der Waals surface area contributed by atoms with E-state index in [0.717, 1.165) is 52.0 Å². The molecule has 0 spiro atoms. The molecule has 31 heavy (non-hydrogen) atoms. The predicted molar refractivity (Wildman–Crippen MR) is 114 cm³/mol. The lowest BCUT2D eigenvalue weighted by atomic mass is 9.93. The molecule has 1 aromatic carbocycles. The summed E-state index contributed by atoms with van der Waals surface area (Å²) in [6, 6.07) is 6.35. The lowest BCUT2D eigenvalue weighted by molar-refractivity contribution is -0.134. The van der Waals surface area contributed by atoms with Crippen LogP contribution in [0.1, 0.15) is 49.4 Å². The third-order valence-electron chi connectivity index (χ3n) is 5.90. The van der Waals surface area contributed by atoms with Crippen molar-refractivity contribution in [3.63, 3.8) is 0 Å². The minimum Gasteiger partial charge on any atom is -0.434 e. The van der Waals surface area contributed by atoms with E-state index in [1.807, 2.05) is 4.90 Å². The molecular weight excluding hydrogens is 400 g/mol.